The van der Waals surface area contributed by atoms with Gasteiger partial charge in [0.15, 0.2) is 0 Å². The van der Waals surface area contributed by atoms with Crippen LogP contribution in [-0.4, -0.2) is 20.1 Å². The van der Waals surface area contributed by atoms with Crippen LogP contribution in [0.25, 0.3) is 0 Å². The quantitative estimate of drug-likeness (QED) is 0.845. The fourth-order valence-electron chi connectivity index (χ4n) is 2.46. The Morgan fingerprint density at radius 2 is 1.61 bits per heavy atom. The number of amides is 1. The molecule has 2 rings (SSSR count). The molecule has 0 aliphatic rings. The van der Waals surface area contributed by atoms with Gasteiger partial charge >= 0.3 is 0 Å². The van der Waals surface area contributed by atoms with Gasteiger partial charge in [-0.05, 0) is 42.7 Å². The van der Waals surface area contributed by atoms with Crippen molar-refractivity contribution in [3.05, 3.63) is 53.6 Å². The molecule has 0 heterocycles. The molecule has 2 aromatic carbocycles. The average molecular weight is 313 g/mol. The molecule has 0 saturated heterocycles. The van der Waals surface area contributed by atoms with E-state index in [0.717, 1.165) is 29.2 Å². The lowest BCUT2D eigenvalue weighted by atomic mass is 10.1. The van der Waals surface area contributed by atoms with E-state index in [1.54, 1.807) is 14.2 Å². The summed E-state index contributed by atoms with van der Waals surface area (Å²) >= 11 is 0. The Kier molecular flexibility index (Phi) is 6.03. The van der Waals surface area contributed by atoms with Crippen LogP contribution in [0.3, 0.4) is 0 Å². The Hall–Kier alpha value is -2.49. The molecule has 0 radical (unpaired) electrons. The summed E-state index contributed by atoms with van der Waals surface area (Å²) < 4.78 is 10.7. The van der Waals surface area contributed by atoms with Crippen LogP contribution in [0.5, 0.6) is 11.5 Å². The van der Waals surface area contributed by atoms with Gasteiger partial charge in [-0.2, -0.15) is 0 Å². The zero-order valence-corrected chi connectivity index (χ0v) is 13.9. The molecule has 4 heteroatoms. The number of anilines is 1. The van der Waals surface area contributed by atoms with E-state index in [1.165, 1.54) is 5.56 Å². The van der Waals surface area contributed by atoms with Crippen molar-refractivity contribution in [3.8, 4) is 11.5 Å². The third-order valence-electron chi connectivity index (χ3n) is 3.78. The highest BCUT2D eigenvalue weighted by atomic mass is 16.5. The Morgan fingerprint density at radius 1 is 1.00 bits per heavy atom. The van der Waals surface area contributed by atoms with Gasteiger partial charge in [0, 0.05) is 17.7 Å². The van der Waals surface area contributed by atoms with Crippen molar-refractivity contribution in [2.45, 2.75) is 26.2 Å². The molecule has 0 atom stereocenters. The molecule has 0 fully saturated rings. The Bertz CT molecular complexity index is 628. The Labute approximate surface area is 137 Å². The molecule has 1 amide bonds. The van der Waals surface area contributed by atoms with E-state index in [0.29, 0.717) is 12.8 Å². The van der Waals surface area contributed by atoms with Crippen LogP contribution in [0, 0.1) is 0 Å². The third kappa shape index (κ3) is 4.49. The molecule has 1 N–H and O–H groups in total. The number of hydrogen-bond donors (Lipinski definition) is 1. The fourth-order valence-corrected chi connectivity index (χ4v) is 2.46. The molecule has 23 heavy (non-hydrogen) atoms. The maximum atomic E-state index is 12.1. The second-order valence-corrected chi connectivity index (χ2v) is 5.24. The van der Waals surface area contributed by atoms with Crippen LogP contribution in [0.1, 0.15) is 24.5 Å². The summed E-state index contributed by atoms with van der Waals surface area (Å²) in [5, 5.41) is 2.92. The van der Waals surface area contributed by atoms with Gasteiger partial charge in [0.25, 0.3) is 0 Å². The molecule has 4 nitrogen and oxygen atoms in total. The Morgan fingerprint density at radius 3 is 2.13 bits per heavy atom. The van der Waals surface area contributed by atoms with E-state index in [2.05, 4.69) is 12.2 Å². The zero-order valence-electron chi connectivity index (χ0n) is 13.9. The molecule has 2 aromatic rings. The van der Waals surface area contributed by atoms with Crippen molar-refractivity contribution >= 4 is 11.6 Å². The van der Waals surface area contributed by atoms with Gasteiger partial charge in [-0.25, -0.2) is 0 Å². The summed E-state index contributed by atoms with van der Waals surface area (Å²) in [6.45, 7) is 2.11. The fraction of sp³-hybridized carbons (Fsp3) is 0.316. The highest BCUT2D eigenvalue weighted by molar-refractivity contribution is 5.90. The minimum atomic E-state index is -0.0257. The first-order chi connectivity index (χ1) is 11.2. The average Bonchev–Trinajstić information content (AvgIpc) is 2.60. The van der Waals surface area contributed by atoms with Gasteiger partial charge in [0.05, 0.1) is 14.2 Å². The SMILES string of the molecule is CCc1ccc(NC(=O)CCc2c(OC)cccc2OC)cc1. The van der Waals surface area contributed by atoms with Crippen LogP contribution >= 0.6 is 0 Å². The summed E-state index contributed by atoms with van der Waals surface area (Å²) in [4.78, 5) is 12.1. The number of hydrogen-bond acceptors (Lipinski definition) is 3. The number of rotatable bonds is 7. The zero-order chi connectivity index (χ0) is 16.7. The molecule has 0 aliphatic carbocycles. The number of methoxy groups -OCH3 is 2. The summed E-state index contributed by atoms with van der Waals surface area (Å²) in [5.74, 6) is 1.45. The van der Waals surface area contributed by atoms with E-state index >= 15 is 0 Å². The topological polar surface area (TPSA) is 47.6 Å². The summed E-state index contributed by atoms with van der Waals surface area (Å²) in [7, 11) is 3.24. The van der Waals surface area contributed by atoms with Crippen molar-refractivity contribution in [2.75, 3.05) is 19.5 Å². The lowest BCUT2D eigenvalue weighted by Crippen LogP contribution is -2.13. The van der Waals surface area contributed by atoms with Crippen molar-refractivity contribution in [3.63, 3.8) is 0 Å². The lowest BCUT2D eigenvalue weighted by molar-refractivity contribution is -0.116. The predicted octanol–water partition coefficient (Wildman–Crippen LogP) is 3.84. The first kappa shape index (κ1) is 16.9. The van der Waals surface area contributed by atoms with Crippen molar-refractivity contribution in [1.29, 1.82) is 0 Å². The van der Waals surface area contributed by atoms with Crippen LogP contribution in [0.15, 0.2) is 42.5 Å². The highest BCUT2D eigenvalue weighted by Gasteiger charge is 2.12. The number of aryl methyl sites for hydroxylation is 1. The van der Waals surface area contributed by atoms with Gasteiger partial charge in [-0.1, -0.05) is 25.1 Å². The third-order valence-corrected chi connectivity index (χ3v) is 3.78. The van der Waals surface area contributed by atoms with Crippen LogP contribution in [0.4, 0.5) is 5.69 Å². The van der Waals surface area contributed by atoms with E-state index < -0.39 is 0 Å². The maximum absolute atomic E-state index is 12.1. The summed E-state index contributed by atoms with van der Waals surface area (Å²) in [5.41, 5.74) is 2.98. The molecule has 0 aromatic heterocycles. The summed E-state index contributed by atoms with van der Waals surface area (Å²) in [6, 6.07) is 13.5. The molecule has 0 unspecified atom stereocenters. The molecule has 122 valence electrons. The summed E-state index contributed by atoms with van der Waals surface area (Å²) in [6.07, 6.45) is 1.92. The second-order valence-electron chi connectivity index (χ2n) is 5.24. The number of nitrogens with one attached hydrogen (secondary N) is 1. The van der Waals surface area contributed by atoms with Crippen LogP contribution in [0.2, 0.25) is 0 Å². The maximum Gasteiger partial charge on any atom is 0.224 e. The second kappa shape index (κ2) is 8.22. The number of ether oxygens (including phenoxy) is 2. The van der Waals surface area contributed by atoms with Crippen molar-refractivity contribution in [1.82, 2.24) is 0 Å². The first-order valence-electron chi connectivity index (χ1n) is 7.76. The van der Waals surface area contributed by atoms with Gasteiger partial charge < -0.3 is 14.8 Å². The van der Waals surface area contributed by atoms with Gasteiger partial charge in [0.1, 0.15) is 11.5 Å². The molecule has 0 bridgehead atoms. The van der Waals surface area contributed by atoms with Gasteiger partial charge in [-0.3, -0.25) is 4.79 Å². The number of carbonyl (C=O) groups is 1. The van der Waals surface area contributed by atoms with Gasteiger partial charge in [-0.15, -0.1) is 0 Å². The van der Waals surface area contributed by atoms with E-state index in [9.17, 15) is 4.79 Å². The van der Waals surface area contributed by atoms with E-state index in [1.807, 2.05) is 42.5 Å². The largest absolute Gasteiger partial charge is 0.496 e. The number of benzene rings is 2. The minimum Gasteiger partial charge on any atom is -0.496 e. The van der Waals surface area contributed by atoms with E-state index in [-0.39, 0.29) is 5.91 Å². The molecular formula is C19H23NO3. The minimum absolute atomic E-state index is 0.0257. The van der Waals surface area contributed by atoms with Crippen LogP contribution < -0.4 is 14.8 Å². The molecule has 0 spiro atoms. The van der Waals surface area contributed by atoms with Crippen LogP contribution in [-0.2, 0) is 17.6 Å². The number of carbonyl (C=O) groups excluding carboxylic acids is 1. The predicted molar refractivity (Wildman–Crippen MR) is 92.3 cm³/mol. The normalized spacial score (nSPS) is 10.2. The standard InChI is InChI=1S/C19H23NO3/c1-4-14-8-10-15(11-9-14)20-19(21)13-12-16-17(22-2)6-5-7-18(16)23-3/h5-11H,4,12-13H2,1-3H3,(H,20,21). The first-order valence-corrected chi connectivity index (χ1v) is 7.76. The highest BCUT2D eigenvalue weighted by Crippen LogP contribution is 2.29. The smallest absolute Gasteiger partial charge is 0.224 e. The van der Waals surface area contributed by atoms with Crippen molar-refractivity contribution in [2.24, 2.45) is 0 Å². The molecule has 0 aliphatic heterocycles. The van der Waals surface area contributed by atoms with E-state index in [4.69, 9.17) is 9.47 Å². The van der Waals surface area contributed by atoms with Crippen molar-refractivity contribution < 1.29 is 14.3 Å². The Balaban J connectivity index is 1.98. The lowest BCUT2D eigenvalue weighted by Gasteiger charge is -2.13. The molecular weight excluding hydrogens is 290 g/mol. The molecule has 0 saturated carbocycles. The van der Waals surface area contributed by atoms with Gasteiger partial charge in [0.2, 0.25) is 5.91 Å². The monoisotopic (exact) mass is 313 g/mol.